The predicted octanol–water partition coefficient (Wildman–Crippen LogP) is 0.799. The van der Waals surface area contributed by atoms with Crippen molar-refractivity contribution in [3.63, 3.8) is 0 Å². The normalized spacial score (nSPS) is 14.2. The maximum atomic E-state index is 11.5. The number of aromatic nitrogens is 1. The number of hydrogen-bond acceptors (Lipinski definition) is 5. The smallest absolute Gasteiger partial charge is 0.341 e. The van der Waals surface area contributed by atoms with Gasteiger partial charge in [-0.15, -0.1) is 0 Å². The molecule has 1 aliphatic rings. The second kappa shape index (κ2) is 4.40. The Morgan fingerprint density at radius 1 is 1.53 bits per heavy atom. The first kappa shape index (κ1) is 11.4. The molecule has 0 saturated heterocycles. The third kappa shape index (κ3) is 2.52. The molecule has 0 radical (unpaired) electrons. The van der Waals surface area contributed by atoms with Crippen molar-refractivity contribution in [2.75, 3.05) is 18.2 Å². The Morgan fingerprint density at radius 3 is 2.76 bits per heavy atom. The zero-order chi connectivity index (χ0) is 12.4. The summed E-state index contributed by atoms with van der Waals surface area (Å²) in [5.74, 6) is -0.150. The van der Waals surface area contributed by atoms with Crippen molar-refractivity contribution in [1.29, 1.82) is 0 Å². The number of hydrogen-bond donors (Lipinski definition) is 2. The molecular weight excluding hydrogens is 222 g/mol. The highest BCUT2D eigenvalue weighted by atomic mass is 16.5. The SMILES string of the molecule is COC(=O)c1cnc(NC(=O)C2CC2)cc1N. The Hall–Kier alpha value is -2.11. The van der Waals surface area contributed by atoms with E-state index in [1.807, 2.05) is 0 Å². The summed E-state index contributed by atoms with van der Waals surface area (Å²) in [5.41, 5.74) is 6.10. The van der Waals surface area contributed by atoms with E-state index in [1.165, 1.54) is 19.4 Å². The minimum absolute atomic E-state index is 0.0530. The van der Waals surface area contributed by atoms with Crippen LogP contribution >= 0.6 is 0 Å². The Balaban J connectivity index is 2.12. The van der Waals surface area contributed by atoms with Crippen molar-refractivity contribution >= 4 is 23.4 Å². The van der Waals surface area contributed by atoms with E-state index in [1.54, 1.807) is 0 Å². The van der Waals surface area contributed by atoms with Gasteiger partial charge < -0.3 is 15.8 Å². The number of ether oxygens (including phenoxy) is 1. The molecule has 0 aliphatic heterocycles. The summed E-state index contributed by atoms with van der Waals surface area (Å²) >= 11 is 0. The van der Waals surface area contributed by atoms with Crippen LogP contribution in [0.4, 0.5) is 11.5 Å². The highest BCUT2D eigenvalue weighted by Crippen LogP contribution is 2.30. The minimum Gasteiger partial charge on any atom is -0.465 e. The molecule has 1 fully saturated rings. The van der Waals surface area contributed by atoms with E-state index in [4.69, 9.17) is 5.73 Å². The number of nitrogens with one attached hydrogen (secondary N) is 1. The van der Waals surface area contributed by atoms with Gasteiger partial charge >= 0.3 is 5.97 Å². The maximum Gasteiger partial charge on any atom is 0.341 e. The third-order valence-corrected chi connectivity index (χ3v) is 2.54. The maximum absolute atomic E-state index is 11.5. The topological polar surface area (TPSA) is 94.3 Å². The monoisotopic (exact) mass is 235 g/mol. The lowest BCUT2D eigenvalue weighted by Gasteiger charge is -2.07. The van der Waals surface area contributed by atoms with E-state index in [0.29, 0.717) is 5.82 Å². The number of carbonyl (C=O) groups is 2. The van der Waals surface area contributed by atoms with E-state index in [2.05, 4.69) is 15.0 Å². The van der Waals surface area contributed by atoms with Crippen LogP contribution in [0.3, 0.4) is 0 Å². The molecule has 0 spiro atoms. The van der Waals surface area contributed by atoms with Crippen molar-refractivity contribution in [1.82, 2.24) is 4.98 Å². The largest absolute Gasteiger partial charge is 0.465 e. The van der Waals surface area contributed by atoms with Crippen molar-refractivity contribution in [2.45, 2.75) is 12.8 Å². The van der Waals surface area contributed by atoms with Crippen LogP contribution in [0.15, 0.2) is 12.3 Å². The third-order valence-electron chi connectivity index (χ3n) is 2.54. The molecule has 0 unspecified atom stereocenters. The van der Waals surface area contributed by atoms with Crippen LogP contribution in [0, 0.1) is 5.92 Å². The van der Waals surface area contributed by atoms with Crippen LogP contribution in [-0.4, -0.2) is 24.0 Å². The van der Waals surface area contributed by atoms with Crippen LogP contribution in [0.25, 0.3) is 0 Å². The summed E-state index contributed by atoms with van der Waals surface area (Å²) in [6.45, 7) is 0. The lowest BCUT2D eigenvalue weighted by molar-refractivity contribution is -0.117. The molecule has 1 aromatic rings. The van der Waals surface area contributed by atoms with Gasteiger partial charge in [0.15, 0.2) is 0 Å². The lowest BCUT2D eigenvalue weighted by Crippen LogP contribution is -2.15. The standard InChI is InChI=1S/C11H13N3O3/c1-17-11(16)7-5-13-9(4-8(7)12)14-10(15)6-2-3-6/h4-6H,2-3H2,1H3,(H3,12,13,14,15). The molecule has 1 amide bonds. The second-order valence-corrected chi connectivity index (χ2v) is 3.91. The molecule has 0 bridgehead atoms. The fourth-order valence-corrected chi connectivity index (χ4v) is 1.39. The number of nitrogen functional groups attached to an aromatic ring is 1. The Labute approximate surface area is 98.2 Å². The molecule has 6 heteroatoms. The van der Waals surface area contributed by atoms with Crippen LogP contribution < -0.4 is 11.1 Å². The molecule has 90 valence electrons. The fourth-order valence-electron chi connectivity index (χ4n) is 1.39. The van der Waals surface area contributed by atoms with Gasteiger partial charge in [-0.2, -0.15) is 0 Å². The van der Waals surface area contributed by atoms with Crippen molar-refractivity contribution in [3.8, 4) is 0 Å². The summed E-state index contributed by atoms with van der Waals surface area (Å²) in [7, 11) is 1.27. The van der Waals surface area contributed by atoms with Gasteiger partial charge in [0.1, 0.15) is 11.4 Å². The van der Waals surface area contributed by atoms with E-state index < -0.39 is 5.97 Å². The molecule has 0 aromatic carbocycles. The summed E-state index contributed by atoms with van der Waals surface area (Å²) in [5, 5.41) is 2.65. The first-order valence-corrected chi connectivity index (χ1v) is 5.26. The second-order valence-electron chi connectivity index (χ2n) is 3.91. The average Bonchev–Trinajstić information content (AvgIpc) is 3.12. The molecule has 1 heterocycles. The molecule has 2 rings (SSSR count). The van der Waals surface area contributed by atoms with Crippen molar-refractivity contribution < 1.29 is 14.3 Å². The molecule has 3 N–H and O–H groups in total. The highest BCUT2D eigenvalue weighted by Gasteiger charge is 2.29. The van der Waals surface area contributed by atoms with E-state index in [0.717, 1.165) is 12.8 Å². The van der Waals surface area contributed by atoms with Gasteiger partial charge in [-0.1, -0.05) is 0 Å². The highest BCUT2D eigenvalue weighted by molar-refractivity contribution is 5.97. The Morgan fingerprint density at radius 2 is 2.24 bits per heavy atom. The van der Waals surface area contributed by atoms with Gasteiger partial charge in [0.25, 0.3) is 0 Å². The number of nitrogens with zero attached hydrogens (tertiary/aromatic N) is 1. The van der Waals surface area contributed by atoms with Gasteiger partial charge in [0.05, 0.1) is 12.8 Å². The Bertz CT molecular complexity index is 469. The molecular formula is C11H13N3O3. The van der Waals surface area contributed by atoms with Gasteiger partial charge in [0.2, 0.25) is 5.91 Å². The van der Waals surface area contributed by atoms with E-state index >= 15 is 0 Å². The number of nitrogens with two attached hydrogens (primary N) is 1. The van der Waals surface area contributed by atoms with Gasteiger partial charge in [-0.25, -0.2) is 9.78 Å². The molecule has 1 aliphatic carbocycles. The number of anilines is 2. The summed E-state index contributed by atoms with van der Waals surface area (Å²) in [6.07, 6.45) is 3.13. The number of esters is 1. The molecule has 1 aromatic heterocycles. The predicted molar refractivity (Wildman–Crippen MR) is 61.3 cm³/mol. The van der Waals surface area contributed by atoms with Crippen LogP contribution in [0.2, 0.25) is 0 Å². The summed E-state index contributed by atoms with van der Waals surface area (Å²) < 4.78 is 4.54. The molecule has 0 atom stereocenters. The van der Waals surface area contributed by atoms with E-state index in [-0.39, 0.29) is 23.1 Å². The minimum atomic E-state index is -0.546. The zero-order valence-corrected chi connectivity index (χ0v) is 9.40. The van der Waals surface area contributed by atoms with Crippen molar-refractivity contribution in [2.24, 2.45) is 5.92 Å². The number of rotatable bonds is 3. The summed E-state index contributed by atoms with van der Waals surface area (Å²) in [6, 6.07) is 1.45. The number of amides is 1. The molecule has 1 saturated carbocycles. The number of pyridine rings is 1. The van der Waals surface area contributed by atoms with Gasteiger partial charge in [0, 0.05) is 18.2 Å². The van der Waals surface area contributed by atoms with Gasteiger partial charge in [-0.05, 0) is 12.8 Å². The average molecular weight is 235 g/mol. The number of carbonyl (C=O) groups excluding carboxylic acids is 2. The molecule has 6 nitrogen and oxygen atoms in total. The quantitative estimate of drug-likeness (QED) is 0.755. The first-order valence-electron chi connectivity index (χ1n) is 5.26. The van der Waals surface area contributed by atoms with Gasteiger partial charge in [-0.3, -0.25) is 4.79 Å². The molecule has 17 heavy (non-hydrogen) atoms. The zero-order valence-electron chi connectivity index (χ0n) is 9.40. The fraction of sp³-hybridized carbons (Fsp3) is 0.364. The number of methoxy groups -OCH3 is 1. The van der Waals surface area contributed by atoms with Crippen LogP contribution in [0.5, 0.6) is 0 Å². The Kier molecular flexibility index (Phi) is 2.95. The van der Waals surface area contributed by atoms with E-state index in [9.17, 15) is 9.59 Å². The van der Waals surface area contributed by atoms with Crippen LogP contribution in [0.1, 0.15) is 23.2 Å². The van der Waals surface area contributed by atoms with Crippen LogP contribution in [-0.2, 0) is 9.53 Å². The lowest BCUT2D eigenvalue weighted by atomic mass is 10.2. The first-order chi connectivity index (χ1) is 8.11. The summed E-state index contributed by atoms with van der Waals surface area (Å²) in [4.78, 5) is 26.7. The van der Waals surface area contributed by atoms with Crippen molar-refractivity contribution in [3.05, 3.63) is 17.8 Å².